The molecule has 0 bridgehead atoms. The van der Waals surface area contributed by atoms with Crippen LogP contribution in [0.5, 0.6) is 0 Å². The Morgan fingerprint density at radius 2 is 2.33 bits per heavy atom. The summed E-state index contributed by atoms with van der Waals surface area (Å²) in [7, 11) is 0. The highest BCUT2D eigenvalue weighted by molar-refractivity contribution is 6.16. The molecule has 1 aromatic heterocycles. The molecule has 0 radical (unpaired) electrons. The van der Waals surface area contributed by atoms with E-state index in [1.807, 2.05) is 0 Å². The van der Waals surface area contributed by atoms with E-state index >= 15 is 0 Å². The van der Waals surface area contributed by atoms with Crippen molar-refractivity contribution in [2.75, 3.05) is 0 Å². The van der Waals surface area contributed by atoms with Gasteiger partial charge in [0.1, 0.15) is 5.88 Å². The first-order valence-corrected chi connectivity index (χ1v) is 4.73. The van der Waals surface area contributed by atoms with Crippen molar-refractivity contribution in [3.8, 4) is 0 Å². The maximum absolute atomic E-state index is 5.54. The number of alkyl halides is 1. The molecule has 1 fully saturated rings. The van der Waals surface area contributed by atoms with Crippen molar-refractivity contribution in [2.45, 2.75) is 31.6 Å². The molecule has 1 aliphatic carbocycles. The molecule has 0 N–H and O–H groups in total. The summed E-state index contributed by atoms with van der Waals surface area (Å²) in [4.78, 5) is 0. The fourth-order valence-corrected chi connectivity index (χ4v) is 1.41. The van der Waals surface area contributed by atoms with Crippen LogP contribution in [-0.4, -0.2) is 10.2 Å². The molecule has 1 aromatic rings. The molecule has 66 valence electrons. The molecule has 0 amide bonds. The van der Waals surface area contributed by atoms with Crippen LogP contribution in [-0.2, 0) is 5.88 Å². The first-order chi connectivity index (χ1) is 5.81. The average Bonchev–Trinajstić information content (AvgIpc) is 2.82. The molecular weight excluding hydrogens is 176 g/mol. The maximum atomic E-state index is 5.54. The summed E-state index contributed by atoms with van der Waals surface area (Å²) >= 11 is 5.54. The van der Waals surface area contributed by atoms with E-state index in [9.17, 15) is 0 Å². The Labute approximate surface area is 76.1 Å². The zero-order valence-corrected chi connectivity index (χ0v) is 7.71. The minimum absolute atomic E-state index is 0.310. The van der Waals surface area contributed by atoms with Crippen LogP contribution in [0.2, 0.25) is 0 Å². The Morgan fingerprint density at radius 1 is 1.58 bits per heavy atom. The SMILES string of the molecule is CC(c1nnc(CCl)o1)C1CC1. The van der Waals surface area contributed by atoms with Crippen molar-refractivity contribution in [3.05, 3.63) is 11.8 Å². The van der Waals surface area contributed by atoms with E-state index in [0.29, 0.717) is 17.7 Å². The second kappa shape index (κ2) is 3.05. The van der Waals surface area contributed by atoms with Gasteiger partial charge in [-0.15, -0.1) is 21.8 Å². The molecule has 3 nitrogen and oxygen atoms in total. The summed E-state index contributed by atoms with van der Waals surface area (Å²) in [5.41, 5.74) is 0. The van der Waals surface area contributed by atoms with Crippen molar-refractivity contribution in [1.82, 2.24) is 10.2 Å². The average molecular weight is 187 g/mol. The Hall–Kier alpha value is -0.570. The first-order valence-electron chi connectivity index (χ1n) is 4.19. The van der Waals surface area contributed by atoms with Crippen LogP contribution in [0.25, 0.3) is 0 Å². The number of nitrogens with zero attached hydrogens (tertiary/aromatic N) is 2. The quantitative estimate of drug-likeness (QED) is 0.681. The summed E-state index contributed by atoms with van der Waals surface area (Å²) in [6, 6.07) is 0. The van der Waals surface area contributed by atoms with E-state index in [0.717, 1.165) is 11.8 Å². The maximum Gasteiger partial charge on any atom is 0.231 e. The highest BCUT2D eigenvalue weighted by Crippen LogP contribution is 2.41. The first kappa shape index (κ1) is 8.05. The van der Waals surface area contributed by atoms with Crippen LogP contribution < -0.4 is 0 Å². The lowest BCUT2D eigenvalue weighted by Crippen LogP contribution is -1.95. The van der Waals surface area contributed by atoms with Crippen molar-refractivity contribution in [3.63, 3.8) is 0 Å². The fraction of sp³-hybridized carbons (Fsp3) is 0.750. The molecule has 4 heteroatoms. The monoisotopic (exact) mass is 186 g/mol. The topological polar surface area (TPSA) is 38.9 Å². The largest absolute Gasteiger partial charge is 0.424 e. The van der Waals surface area contributed by atoms with E-state index in [1.54, 1.807) is 0 Å². The van der Waals surface area contributed by atoms with Gasteiger partial charge in [-0.2, -0.15) is 0 Å². The van der Waals surface area contributed by atoms with Crippen LogP contribution in [0.15, 0.2) is 4.42 Å². The van der Waals surface area contributed by atoms with Crippen molar-refractivity contribution < 1.29 is 4.42 Å². The molecule has 12 heavy (non-hydrogen) atoms. The fourth-order valence-electron chi connectivity index (χ4n) is 1.30. The lowest BCUT2D eigenvalue weighted by atomic mass is 10.1. The Morgan fingerprint density at radius 3 is 2.83 bits per heavy atom. The highest BCUT2D eigenvalue weighted by atomic mass is 35.5. The number of aromatic nitrogens is 2. The number of hydrogen-bond donors (Lipinski definition) is 0. The minimum atomic E-state index is 0.310. The smallest absolute Gasteiger partial charge is 0.231 e. The van der Waals surface area contributed by atoms with Gasteiger partial charge in [-0.1, -0.05) is 6.92 Å². The van der Waals surface area contributed by atoms with Crippen LogP contribution in [0.1, 0.15) is 37.5 Å². The van der Waals surface area contributed by atoms with Crippen LogP contribution >= 0.6 is 11.6 Å². The van der Waals surface area contributed by atoms with Gasteiger partial charge in [0.15, 0.2) is 0 Å². The van der Waals surface area contributed by atoms with E-state index in [4.69, 9.17) is 16.0 Å². The second-order valence-corrected chi connectivity index (χ2v) is 3.56. The zero-order chi connectivity index (χ0) is 8.55. The molecule has 1 aliphatic rings. The second-order valence-electron chi connectivity index (χ2n) is 3.29. The Balaban J connectivity index is 2.10. The van der Waals surface area contributed by atoms with Gasteiger partial charge in [-0.25, -0.2) is 0 Å². The van der Waals surface area contributed by atoms with E-state index in [2.05, 4.69) is 17.1 Å². The lowest BCUT2D eigenvalue weighted by molar-refractivity contribution is 0.417. The summed E-state index contributed by atoms with van der Waals surface area (Å²) in [5, 5.41) is 7.76. The molecule has 2 rings (SSSR count). The van der Waals surface area contributed by atoms with Crippen LogP contribution in [0.4, 0.5) is 0 Å². The Bertz CT molecular complexity index is 270. The number of rotatable bonds is 3. The lowest BCUT2D eigenvalue weighted by Gasteiger charge is -2.01. The van der Waals surface area contributed by atoms with Gasteiger partial charge >= 0.3 is 0 Å². The normalized spacial score (nSPS) is 19.5. The van der Waals surface area contributed by atoms with Crippen molar-refractivity contribution in [2.24, 2.45) is 5.92 Å². The Kier molecular flexibility index (Phi) is 2.05. The van der Waals surface area contributed by atoms with Gasteiger partial charge < -0.3 is 4.42 Å². The zero-order valence-electron chi connectivity index (χ0n) is 6.96. The predicted octanol–water partition coefficient (Wildman–Crippen LogP) is 2.32. The van der Waals surface area contributed by atoms with Gasteiger partial charge in [-0.3, -0.25) is 0 Å². The van der Waals surface area contributed by atoms with Crippen LogP contribution in [0, 0.1) is 5.92 Å². The summed E-state index contributed by atoms with van der Waals surface area (Å²) in [6.45, 7) is 2.13. The molecule has 0 aromatic carbocycles. The molecular formula is C8H11ClN2O. The molecule has 1 atom stereocenters. The van der Waals surface area contributed by atoms with Gasteiger partial charge in [0.25, 0.3) is 0 Å². The molecule has 0 aliphatic heterocycles. The third kappa shape index (κ3) is 1.46. The summed E-state index contributed by atoms with van der Waals surface area (Å²) in [6.07, 6.45) is 2.58. The third-order valence-corrected chi connectivity index (χ3v) is 2.54. The van der Waals surface area contributed by atoms with Crippen molar-refractivity contribution in [1.29, 1.82) is 0 Å². The standard InChI is InChI=1S/C8H11ClN2O/c1-5(6-2-3-6)8-11-10-7(4-9)12-8/h5-6H,2-4H2,1H3. The van der Waals surface area contributed by atoms with Crippen molar-refractivity contribution >= 4 is 11.6 Å². The summed E-state index contributed by atoms with van der Waals surface area (Å²) in [5.74, 6) is 2.75. The number of hydrogen-bond acceptors (Lipinski definition) is 3. The molecule has 1 unspecified atom stereocenters. The van der Waals surface area contributed by atoms with E-state index < -0.39 is 0 Å². The summed E-state index contributed by atoms with van der Waals surface area (Å²) < 4.78 is 5.34. The van der Waals surface area contributed by atoms with Crippen LogP contribution in [0.3, 0.4) is 0 Å². The van der Waals surface area contributed by atoms with Gasteiger partial charge in [0.2, 0.25) is 11.8 Å². The number of halogens is 1. The predicted molar refractivity (Wildman–Crippen MR) is 45.0 cm³/mol. The molecule has 1 heterocycles. The van der Waals surface area contributed by atoms with E-state index in [-0.39, 0.29) is 0 Å². The van der Waals surface area contributed by atoms with E-state index in [1.165, 1.54) is 12.8 Å². The minimum Gasteiger partial charge on any atom is -0.424 e. The van der Waals surface area contributed by atoms with Gasteiger partial charge in [0.05, 0.1) is 0 Å². The highest BCUT2D eigenvalue weighted by Gasteiger charge is 2.32. The molecule has 0 spiro atoms. The van der Waals surface area contributed by atoms with Gasteiger partial charge in [0, 0.05) is 5.92 Å². The molecule has 1 saturated carbocycles. The molecule has 0 saturated heterocycles. The van der Waals surface area contributed by atoms with Gasteiger partial charge in [-0.05, 0) is 18.8 Å². The third-order valence-electron chi connectivity index (χ3n) is 2.32.